The first kappa shape index (κ1) is 12.7. The maximum Gasteiger partial charge on any atom is 0.160 e. The molecule has 0 atom stereocenters. The number of aryl methyl sites for hydroxylation is 2. The largest absolute Gasteiger partial charge is 0.504 e. The van der Waals surface area contributed by atoms with E-state index in [2.05, 4.69) is 25.0 Å². The molecule has 0 spiro atoms. The number of aromatic hydroxyl groups is 1. The van der Waals surface area contributed by atoms with Crippen LogP contribution in [0.25, 0.3) is 5.69 Å². The lowest BCUT2D eigenvalue weighted by atomic mass is 10.1. The van der Waals surface area contributed by atoms with E-state index in [1.165, 1.54) is 5.56 Å². The predicted molar refractivity (Wildman–Crippen MR) is 73.3 cm³/mol. The summed E-state index contributed by atoms with van der Waals surface area (Å²) in [6.45, 7) is 6.19. The fourth-order valence-electron chi connectivity index (χ4n) is 2.19. The van der Waals surface area contributed by atoms with Crippen molar-refractivity contribution in [1.29, 1.82) is 0 Å². The number of nitrogens with zero attached hydrogens (tertiary/aromatic N) is 2. The molecule has 0 saturated heterocycles. The van der Waals surface area contributed by atoms with E-state index in [0.717, 1.165) is 36.3 Å². The van der Waals surface area contributed by atoms with Crippen LogP contribution in [0.5, 0.6) is 5.75 Å². The van der Waals surface area contributed by atoms with Crippen LogP contribution in [-0.2, 0) is 12.8 Å². The zero-order valence-electron chi connectivity index (χ0n) is 11.3. The van der Waals surface area contributed by atoms with Crippen LogP contribution in [0.4, 0.5) is 0 Å². The van der Waals surface area contributed by atoms with Gasteiger partial charge in [-0.2, -0.15) is 5.10 Å². The van der Waals surface area contributed by atoms with Gasteiger partial charge in [0.2, 0.25) is 0 Å². The molecular weight excluding hydrogens is 224 g/mol. The van der Waals surface area contributed by atoms with Crippen molar-refractivity contribution in [3.05, 3.63) is 41.2 Å². The van der Waals surface area contributed by atoms with Gasteiger partial charge in [0.15, 0.2) is 5.75 Å². The molecule has 96 valence electrons. The maximum atomic E-state index is 10.2. The summed E-state index contributed by atoms with van der Waals surface area (Å²) in [5.74, 6) is 0.364. The van der Waals surface area contributed by atoms with Gasteiger partial charge in [-0.1, -0.05) is 38.5 Å². The van der Waals surface area contributed by atoms with Crippen LogP contribution in [-0.4, -0.2) is 14.9 Å². The van der Waals surface area contributed by atoms with Gasteiger partial charge in [-0.3, -0.25) is 0 Å². The second-order valence-corrected chi connectivity index (χ2v) is 4.54. The first-order valence-electron chi connectivity index (χ1n) is 6.54. The van der Waals surface area contributed by atoms with Crippen LogP contribution in [0.1, 0.15) is 37.2 Å². The summed E-state index contributed by atoms with van der Waals surface area (Å²) in [6.07, 6.45) is 2.59. The molecular formula is C15H20N2O. The lowest BCUT2D eigenvalue weighted by Crippen LogP contribution is -2.04. The van der Waals surface area contributed by atoms with Crippen molar-refractivity contribution in [2.24, 2.45) is 0 Å². The van der Waals surface area contributed by atoms with Gasteiger partial charge in [-0.25, -0.2) is 4.68 Å². The Bertz CT molecular complexity index is 543. The molecule has 0 bridgehead atoms. The Morgan fingerprint density at radius 2 is 1.94 bits per heavy atom. The molecule has 0 aliphatic heterocycles. The Balaban J connectivity index is 2.59. The van der Waals surface area contributed by atoms with Crippen molar-refractivity contribution in [3.63, 3.8) is 0 Å². The van der Waals surface area contributed by atoms with E-state index in [-0.39, 0.29) is 0 Å². The first-order valence-corrected chi connectivity index (χ1v) is 6.54. The SMILES string of the molecule is CCCc1c(O)c(CC)nn1-c1ccccc1C. The average molecular weight is 244 g/mol. The van der Waals surface area contributed by atoms with Crippen molar-refractivity contribution < 1.29 is 5.11 Å². The van der Waals surface area contributed by atoms with E-state index in [1.54, 1.807) is 0 Å². The highest BCUT2D eigenvalue weighted by atomic mass is 16.3. The molecule has 2 rings (SSSR count). The lowest BCUT2D eigenvalue weighted by molar-refractivity contribution is 0.460. The van der Waals surface area contributed by atoms with Crippen molar-refractivity contribution in [1.82, 2.24) is 9.78 Å². The smallest absolute Gasteiger partial charge is 0.160 e. The summed E-state index contributed by atoms with van der Waals surface area (Å²) in [4.78, 5) is 0. The van der Waals surface area contributed by atoms with Gasteiger partial charge in [-0.05, 0) is 31.4 Å². The fraction of sp³-hybridized carbons (Fsp3) is 0.400. The third-order valence-corrected chi connectivity index (χ3v) is 3.19. The van der Waals surface area contributed by atoms with Crippen LogP contribution < -0.4 is 0 Å². The number of hydrogen-bond donors (Lipinski definition) is 1. The highest BCUT2D eigenvalue weighted by molar-refractivity contribution is 5.45. The molecule has 1 aromatic carbocycles. The van der Waals surface area contributed by atoms with Crippen molar-refractivity contribution >= 4 is 0 Å². The third kappa shape index (κ3) is 2.13. The van der Waals surface area contributed by atoms with Crippen LogP contribution in [0, 0.1) is 6.92 Å². The van der Waals surface area contributed by atoms with E-state index < -0.39 is 0 Å². The Morgan fingerprint density at radius 3 is 2.56 bits per heavy atom. The van der Waals surface area contributed by atoms with Crippen molar-refractivity contribution in [2.75, 3.05) is 0 Å². The molecule has 3 heteroatoms. The van der Waals surface area contributed by atoms with Crippen LogP contribution >= 0.6 is 0 Å². The summed E-state index contributed by atoms with van der Waals surface area (Å²) in [5.41, 5.74) is 3.92. The van der Waals surface area contributed by atoms with Gasteiger partial charge in [0.05, 0.1) is 11.4 Å². The number of benzene rings is 1. The van der Waals surface area contributed by atoms with Crippen LogP contribution in [0.3, 0.4) is 0 Å². The van der Waals surface area contributed by atoms with E-state index in [4.69, 9.17) is 0 Å². The van der Waals surface area contributed by atoms with Crippen molar-refractivity contribution in [3.8, 4) is 11.4 Å². The third-order valence-electron chi connectivity index (χ3n) is 3.19. The van der Waals surface area contributed by atoms with Gasteiger partial charge in [0.25, 0.3) is 0 Å². The lowest BCUT2D eigenvalue weighted by Gasteiger charge is -2.09. The van der Waals surface area contributed by atoms with Gasteiger partial charge >= 0.3 is 0 Å². The topological polar surface area (TPSA) is 38.1 Å². The minimum Gasteiger partial charge on any atom is -0.504 e. The Labute approximate surface area is 108 Å². The molecule has 1 N–H and O–H groups in total. The molecule has 0 unspecified atom stereocenters. The summed E-state index contributed by atoms with van der Waals surface area (Å²) < 4.78 is 1.90. The number of rotatable bonds is 4. The highest BCUT2D eigenvalue weighted by Crippen LogP contribution is 2.27. The quantitative estimate of drug-likeness (QED) is 0.895. The number of para-hydroxylation sites is 1. The van der Waals surface area contributed by atoms with E-state index >= 15 is 0 Å². The summed E-state index contributed by atoms with van der Waals surface area (Å²) >= 11 is 0. The molecule has 3 nitrogen and oxygen atoms in total. The maximum absolute atomic E-state index is 10.2. The summed E-state index contributed by atoms with van der Waals surface area (Å²) in [7, 11) is 0. The molecule has 0 amide bonds. The second-order valence-electron chi connectivity index (χ2n) is 4.54. The zero-order chi connectivity index (χ0) is 13.1. The predicted octanol–water partition coefficient (Wildman–Crippen LogP) is 3.40. The second kappa shape index (κ2) is 5.25. The van der Waals surface area contributed by atoms with E-state index in [0.29, 0.717) is 5.75 Å². The van der Waals surface area contributed by atoms with Gasteiger partial charge in [-0.15, -0.1) is 0 Å². The normalized spacial score (nSPS) is 10.8. The molecule has 0 radical (unpaired) electrons. The zero-order valence-corrected chi connectivity index (χ0v) is 11.3. The molecule has 0 fully saturated rings. The van der Waals surface area contributed by atoms with Crippen LogP contribution in [0.15, 0.2) is 24.3 Å². The molecule has 0 aliphatic carbocycles. The van der Waals surface area contributed by atoms with Crippen molar-refractivity contribution in [2.45, 2.75) is 40.0 Å². The summed E-state index contributed by atoms with van der Waals surface area (Å²) in [5, 5.41) is 14.8. The monoisotopic (exact) mass is 244 g/mol. The Kier molecular flexibility index (Phi) is 3.70. The van der Waals surface area contributed by atoms with Gasteiger partial charge < -0.3 is 5.11 Å². The number of aromatic nitrogens is 2. The molecule has 18 heavy (non-hydrogen) atoms. The average Bonchev–Trinajstić information content (AvgIpc) is 2.68. The molecule has 0 aliphatic rings. The number of hydrogen-bond acceptors (Lipinski definition) is 2. The Hall–Kier alpha value is -1.77. The summed E-state index contributed by atoms with van der Waals surface area (Å²) in [6, 6.07) is 8.13. The Morgan fingerprint density at radius 1 is 1.22 bits per heavy atom. The minimum atomic E-state index is 0.364. The fourth-order valence-corrected chi connectivity index (χ4v) is 2.19. The van der Waals surface area contributed by atoms with E-state index in [1.807, 2.05) is 29.8 Å². The molecule has 0 saturated carbocycles. The first-order chi connectivity index (χ1) is 8.69. The molecule has 1 aromatic heterocycles. The molecule has 2 aromatic rings. The molecule has 1 heterocycles. The minimum absolute atomic E-state index is 0.364. The van der Waals surface area contributed by atoms with Gasteiger partial charge in [0.1, 0.15) is 5.69 Å². The van der Waals surface area contributed by atoms with Crippen LogP contribution in [0.2, 0.25) is 0 Å². The standard InChI is InChI=1S/C15H20N2O/c1-4-8-14-15(18)12(5-2)16-17(14)13-10-7-6-9-11(13)3/h6-7,9-10,18H,4-5,8H2,1-3H3. The highest BCUT2D eigenvalue weighted by Gasteiger charge is 2.17. The van der Waals surface area contributed by atoms with E-state index in [9.17, 15) is 5.11 Å². The van der Waals surface area contributed by atoms with Gasteiger partial charge in [0, 0.05) is 0 Å².